The van der Waals surface area contributed by atoms with Crippen LogP contribution in [0.3, 0.4) is 0 Å². The average molecular weight is 522 g/mol. The maximum Gasteiger partial charge on any atom is 0.290 e. The van der Waals surface area contributed by atoms with Crippen LogP contribution in [-0.2, 0) is 4.79 Å². The molecule has 1 atom stereocenters. The molecule has 2 aromatic carbocycles. The number of aryl methyl sites for hydroxylation is 1. The SMILES string of the molecule is COc1cccc(C2C(C(=O)c3sc(-c4ccccc4)nc3C)=C(O)C(=O)N2CCCN(C)C)c1OC. The Labute approximate surface area is 220 Å². The number of aromatic nitrogens is 1. The minimum atomic E-state index is -0.839. The van der Waals surface area contributed by atoms with E-state index < -0.39 is 23.5 Å². The van der Waals surface area contributed by atoms with Crippen LogP contribution in [0.1, 0.15) is 33.4 Å². The van der Waals surface area contributed by atoms with Crippen molar-refractivity contribution >= 4 is 23.0 Å². The van der Waals surface area contributed by atoms with Crippen molar-refractivity contribution in [3.05, 3.63) is 76.0 Å². The van der Waals surface area contributed by atoms with E-state index in [1.807, 2.05) is 49.3 Å². The molecule has 0 aliphatic carbocycles. The Morgan fingerprint density at radius 2 is 1.84 bits per heavy atom. The summed E-state index contributed by atoms with van der Waals surface area (Å²) in [7, 11) is 6.95. The molecular formula is C28H31N3O5S. The Morgan fingerprint density at radius 1 is 1.11 bits per heavy atom. The van der Waals surface area contributed by atoms with Gasteiger partial charge in [0.1, 0.15) is 5.01 Å². The zero-order valence-corrected chi connectivity index (χ0v) is 22.5. The number of ether oxygens (including phenoxy) is 2. The van der Waals surface area contributed by atoms with Crippen LogP contribution < -0.4 is 9.47 Å². The summed E-state index contributed by atoms with van der Waals surface area (Å²) in [5.41, 5.74) is 2.03. The van der Waals surface area contributed by atoms with Crippen molar-refractivity contribution in [1.82, 2.24) is 14.8 Å². The number of methoxy groups -OCH3 is 2. The van der Waals surface area contributed by atoms with E-state index in [9.17, 15) is 14.7 Å². The van der Waals surface area contributed by atoms with Crippen LogP contribution in [0.5, 0.6) is 11.5 Å². The first-order valence-electron chi connectivity index (χ1n) is 12.0. The first kappa shape index (κ1) is 26.4. The molecule has 3 aromatic rings. The predicted molar refractivity (Wildman–Crippen MR) is 143 cm³/mol. The Hall–Kier alpha value is -3.69. The first-order valence-corrected chi connectivity index (χ1v) is 12.8. The number of nitrogens with zero attached hydrogens (tertiary/aromatic N) is 3. The summed E-state index contributed by atoms with van der Waals surface area (Å²) in [6.07, 6.45) is 0.661. The van der Waals surface area contributed by atoms with Crippen LogP contribution in [0.25, 0.3) is 10.6 Å². The molecule has 1 N–H and O–H groups in total. The van der Waals surface area contributed by atoms with Crippen LogP contribution in [0.2, 0.25) is 0 Å². The highest BCUT2D eigenvalue weighted by Crippen LogP contribution is 2.46. The minimum absolute atomic E-state index is 0.0211. The number of aliphatic hydroxyl groups is 1. The van der Waals surface area contributed by atoms with Gasteiger partial charge < -0.3 is 24.4 Å². The quantitative estimate of drug-likeness (QED) is 0.388. The summed E-state index contributed by atoms with van der Waals surface area (Å²) < 4.78 is 11.1. The van der Waals surface area contributed by atoms with E-state index in [1.54, 1.807) is 25.1 Å². The Kier molecular flexibility index (Phi) is 7.94. The van der Waals surface area contributed by atoms with E-state index in [0.29, 0.717) is 45.6 Å². The van der Waals surface area contributed by atoms with Crippen LogP contribution in [0.15, 0.2) is 59.9 Å². The molecule has 9 heteroatoms. The summed E-state index contributed by atoms with van der Waals surface area (Å²) in [6, 6.07) is 14.1. The standard InChI is InChI=1S/C28H31N3O5S/c1-17-26(37-27(29-17)18-11-7-6-8-12-18)23(32)21-22(19-13-9-14-20(35-4)25(19)36-5)31(28(34)24(21)33)16-10-15-30(2)3/h6-9,11-14,22,33H,10,15-16H2,1-5H3. The number of carbonyl (C=O) groups is 2. The third-order valence-electron chi connectivity index (χ3n) is 6.30. The lowest BCUT2D eigenvalue weighted by molar-refractivity contribution is -0.129. The molecular weight excluding hydrogens is 490 g/mol. The van der Waals surface area contributed by atoms with Crippen LogP contribution in [0, 0.1) is 6.92 Å². The Morgan fingerprint density at radius 3 is 2.49 bits per heavy atom. The minimum Gasteiger partial charge on any atom is -0.503 e. The predicted octanol–water partition coefficient (Wildman–Crippen LogP) is 4.67. The maximum atomic E-state index is 14.0. The van der Waals surface area contributed by atoms with E-state index in [4.69, 9.17) is 9.47 Å². The highest BCUT2D eigenvalue weighted by molar-refractivity contribution is 7.17. The molecule has 2 heterocycles. The molecule has 1 amide bonds. The van der Waals surface area contributed by atoms with Gasteiger partial charge >= 0.3 is 0 Å². The number of carbonyl (C=O) groups excluding carboxylic acids is 2. The van der Waals surface area contributed by atoms with Crippen molar-refractivity contribution in [2.45, 2.75) is 19.4 Å². The number of rotatable bonds is 10. The number of Topliss-reactive ketones (excluding diaryl/α,β-unsaturated/α-hetero) is 1. The summed E-state index contributed by atoms with van der Waals surface area (Å²) in [4.78, 5) is 35.9. The number of hydrogen-bond donors (Lipinski definition) is 1. The topological polar surface area (TPSA) is 92.2 Å². The smallest absolute Gasteiger partial charge is 0.290 e. The summed E-state index contributed by atoms with van der Waals surface area (Å²) in [5, 5.41) is 11.8. The van der Waals surface area contributed by atoms with Crippen molar-refractivity contribution in [2.24, 2.45) is 0 Å². The molecule has 1 aliphatic rings. The maximum absolute atomic E-state index is 14.0. The molecule has 0 saturated carbocycles. The fraction of sp³-hybridized carbons (Fsp3) is 0.321. The van der Waals surface area contributed by atoms with Crippen LogP contribution in [0.4, 0.5) is 0 Å². The van der Waals surface area contributed by atoms with Crippen LogP contribution in [-0.4, -0.2) is 73.0 Å². The lowest BCUT2D eigenvalue weighted by Gasteiger charge is -2.28. The lowest BCUT2D eigenvalue weighted by atomic mass is 9.94. The monoisotopic (exact) mass is 521 g/mol. The van der Waals surface area contributed by atoms with Gasteiger partial charge in [0.2, 0.25) is 5.78 Å². The molecule has 0 radical (unpaired) electrons. The number of thiazole rings is 1. The molecule has 8 nitrogen and oxygen atoms in total. The zero-order valence-electron chi connectivity index (χ0n) is 21.6. The van der Waals surface area contributed by atoms with Gasteiger partial charge in [-0.05, 0) is 40.1 Å². The number of para-hydroxylation sites is 1. The highest BCUT2D eigenvalue weighted by atomic mass is 32.1. The molecule has 1 aromatic heterocycles. The second kappa shape index (κ2) is 11.1. The van der Waals surface area contributed by atoms with E-state index in [-0.39, 0.29) is 5.57 Å². The van der Waals surface area contributed by atoms with Crippen molar-refractivity contribution in [1.29, 1.82) is 0 Å². The Balaban J connectivity index is 1.81. The fourth-order valence-electron chi connectivity index (χ4n) is 4.56. The van der Waals surface area contributed by atoms with Gasteiger partial charge in [-0.25, -0.2) is 4.98 Å². The molecule has 0 fully saturated rings. The molecule has 37 heavy (non-hydrogen) atoms. The van der Waals surface area contributed by atoms with Crippen molar-refractivity contribution in [2.75, 3.05) is 41.4 Å². The van der Waals surface area contributed by atoms with Crippen molar-refractivity contribution < 1.29 is 24.2 Å². The number of amides is 1. The van der Waals surface area contributed by atoms with Gasteiger partial charge in [0.15, 0.2) is 17.3 Å². The van der Waals surface area contributed by atoms with Gasteiger partial charge in [-0.3, -0.25) is 9.59 Å². The van der Waals surface area contributed by atoms with E-state index in [1.165, 1.54) is 30.5 Å². The third-order valence-corrected chi connectivity index (χ3v) is 7.51. The molecule has 1 aliphatic heterocycles. The van der Waals surface area contributed by atoms with Gasteiger partial charge in [-0.1, -0.05) is 42.5 Å². The number of benzene rings is 2. The second-order valence-corrected chi connectivity index (χ2v) is 10.0. The third kappa shape index (κ3) is 5.10. The highest BCUT2D eigenvalue weighted by Gasteiger charge is 2.45. The first-order chi connectivity index (χ1) is 17.8. The fourth-order valence-corrected chi connectivity index (χ4v) is 5.58. The number of aliphatic hydroxyl groups excluding tert-OH is 1. The van der Waals surface area contributed by atoms with Gasteiger partial charge in [0, 0.05) is 17.7 Å². The lowest BCUT2D eigenvalue weighted by Crippen LogP contribution is -2.33. The molecule has 194 valence electrons. The van der Waals surface area contributed by atoms with Gasteiger partial charge in [0.05, 0.1) is 36.4 Å². The number of hydrogen-bond acceptors (Lipinski definition) is 8. The Bertz CT molecular complexity index is 1330. The largest absolute Gasteiger partial charge is 0.503 e. The molecule has 0 spiro atoms. The van der Waals surface area contributed by atoms with E-state index in [0.717, 1.165) is 12.1 Å². The molecule has 0 saturated heterocycles. The second-order valence-electron chi connectivity index (χ2n) is 9.03. The molecule has 4 rings (SSSR count). The zero-order chi connectivity index (χ0) is 26.7. The average Bonchev–Trinajstić information content (AvgIpc) is 3.41. The number of ketones is 1. The van der Waals surface area contributed by atoms with E-state index >= 15 is 0 Å². The van der Waals surface area contributed by atoms with Gasteiger partial charge in [-0.2, -0.15) is 0 Å². The summed E-state index contributed by atoms with van der Waals surface area (Å²) in [5.74, 6) is -0.667. The normalized spacial score (nSPS) is 15.6. The van der Waals surface area contributed by atoms with Crippen LogP contribution >= 0.6 is 11.3 Å². The van der Waals surface area contributed by atoms with Gasteiger partial charge in [0.25, 0.3) is 5.91 Å². The summed E-state index contributed by atoms with van der Waals surface area (Å²) in [6.45, 7) is 2.85. The van der Waals surface area contributed by atoms with Crippen molar-refractivity contribution in [3.8, 4) is 22.1 Å². The van der Waals surface area contributed by atoms with Crippen molar-refractivity contribution in [3.63, 3.8) is 0 Å². The van der Waals surface area contributed by atoms with Gasteiger partial charge in [-0.15, -0.1) is 11.3 Å². The molecule has 0 bridgehead atoms. The molecule has 1 unspecified atom stereocenters. The van der Waals surface area contributed by atoms with E-state index in [2.05, 4.69) is 4.98 Å². The summed E-state index contributed by atoms with van der Waals surface area (Å²) >= 11 is 1.25.